The van der Waals surface area contributed by atoms with Crippen molar-refractivity contribution in [1.82, 2.24) is 9.97 Å². The first-order chi connectivity index (χ1) is 10.1. The van der Waals surface area contributed by atoms with E-state index in [0.29, 0.717) is 40.3 Å². The van der Waals surface area contributed by atoms with Gasteiger partial charge in [-0.15, -0.1) is 0 Å². The zero-order chi connectivity index (χ0) is 15.2. The van der Waals surface area contributed by atoms with E-state index in [1.165, 1.54) is 0 Å². The molecule has 0 fully saturated rings. The summed E-state index contributed by atoms with van der Waals surface area (Å²) in [5, 5.41) is 0. The number of hydrogen-bond donors (Lipinski definition) is 1. The molecule has 0 unspecified atom stereocenters. The second-order valence-electron chi connectivity index (χ2n) is 4.12. The van der Waals surface area contributed by atoms with Crippen molar-refractivity contribution in [2.75, 3.05) is 6.61 Å². The van der Waals surface area contributed by atoms with Gasteiger partial charge in [-0.05, 0) is 30.7 Å². The Morgan fingerprint density at radius 3 is 2.67 bits per heavy atom. The number of H-pyrrole nitrogens is 1. The second-order valence-corrected chi connectivity index (χ2v) is 5.60. The van der Waals surface area contributed by atoms with Gasteiger partial charge >= 0.3 is 0 Å². The molecule has 3 nitrogen and oxygen atoms in total. The zero-order valence-electron chi connectivity index (χ0n) is 11.3. The van der Waals surface area contributed by atoms with Crippen LogP contribution in [-0.4, -0.2) is 22.3 Å². The molecule has 0 radical (unpaired) electrons. The highest BCUT2D eigenvalue weighted by molar-refractivity contribution is 7.99. The van der Waals surface area contributed by atoms with Crippen LogP contribution >= 0.6 is 24.0 Å². The Labute approximate surface area is 130 Å². The smallest absolute Gasteiger partial charge is 0.288 e. The summed E-state index contributed by atoms with van der Waals surface area (Å²) >= 11 is 5.65. The molecule has 1 N–H and O–H groups in total. The van der Waals surface area contributed by atoms with Gasteiger partial charge in [-0.25, -0.2) is 4.98 Å². The van der Waals surface area contributed by atoms with Crippen molar-refractivity contribution in [3.63, 3.8) is 0 Å². The van der Waals surface area contributed by atoms with Crippen LogP contribution in [0.2, 0.25) is 0 Å². The third kappa shape index (κ3) is 4.87. The predicted octanol–water partition coefficient (Wildman–Crippen LogP) is 4.66. The molecule has 1 aromatic carbocycles. The molecule has 112 valence electrons. The lowest BCUT2D eigenvalue weighted by molar-refractivity contribution is 0.128. The van der Waals surface area contributed by atoms with Gasteiger partial charge in [-0.3, -0.25) is 0 Å². The number of thioether (sulfide) groups is 1. The Morgan fingerprint density at radius 2 is 2.05 bits per heavy atom. The average molecular weight is 328 g/mol. The second kappa shape index (κ2) is 7.63. The van der Waals surface area contributed by atoms with E-state index in [9.17, 15) is 8.78 Å². The summed E-state index contributed by atoms with van der Waals surface area (Å²) in [6.45, 7) is 2.84. The van der Waals surface area contributed by atoms with Gasteiger partial charge < -0.3 is 9.72 Å². The number of rotatable bonds is 6. The molecule has 0 saturated heterocycles. The molecule has 0 aliphatic heterocycles. The Hall–Kier alpha value is -1.31. The van der Waals surface area contributed by atoms with E-state index in [-0.39, 0.29) is 0 Å². The maximum absolute atomic E-state index is 12.3. The Kier molecular flexibility index (Phi) is 5.84. The fraction of sp³-hybridized carbons (Fsp3) is 0.286. The van der Waals surface area contributed by atoms with Crippen LogP contribution in [0.15, 0.2) is 35.2 Å². The SMILES string of the molecule is CCOCc1nc(=S)cc(-c2ccc(SC(F)F)cc2)[nH]1. The van der Waals surface area contributed by atoms with Gasteiger partial charge in [0.15, 0.2) is 0 Å². The largest absolute Gasteiger partial charge is 0.374 e. The predicted molar refractivity (Wildman–Crippen MR) is 82.0 cm³/mol. The van der Waals surface area contributed by atoms with Crippen molar-refractivity contribution in [2.45, 2.75) is 24.2 Å². The maximum Gasteiger partial charge on any atom is 0.288 e. The van der Waals surface area contributed by atoms with Crippen molar-refractivity contribution in [3.05, 3.63) is 40.8 Å². The zero-order valence-corrected chi connectivity index (χ0v) is 12.9. The molecule has 0 aliphatic carbocycles. The van der Waals surface area contributed by atoms with Crippen molar-refractivity contribution in [2.24, 2.45) is 0 Å². The minimum Gasteiger partial charge on any atom is -0.374 e. The van der Waals surface area contributed by atoms with Gasteiger partial charge in [0, 0.05) is 17.2 Å². The summed E-state index contributed by atoms with van der Waals surface area (Å²) in [4.78, 5) is 7.85. The van der Waals surface area contributed by atoms with Crippen LogP contribution in [0.5, 0.6) is 0 Å². The normalized spacial score (nSPS) is 11.0. The van der Waals surface area contributed by atoms with Crippen molar-refractivity contribution < 1.29 is 13.5 Å². The molecule has 1 aromatic heterocycles. The summed E-state index contributed by atoms with van der Waals surface area (Å²) in [6.07, 6.45) is 0. The number of nitrogens with zero attached hydrogens (tertiary/aromatic N) is 1. The molecule has 7 heteroatoms. The summed E-state index contributed by atoms with van der Waals surface area (Å²) in [5.74, 6) is -1.77. The summed E-state index contributed by atoms with van der Waals surface area (Å²) in [6, 6.07) is 8.60. The first kappa shape index (κ1) is 16.1. The number of aromatic amines is 1. The lowest BCUT2D eigenvalue weighted by atomic mass is 10.1. The highest BCUT2D eigenvalue weighted by Gasteiger charge is 2.06. The lowest BCUT2D eigenvalue weighted by Crippen LogP contribution is -2.00. The molecular formula is C14H14F2N2OS2. The van der Waals surface area contributed by atoms with Gasteiger partial charge in [0.2, 0.25) is 0 Å². The quantitative estimate of drug-likeness (QED) is 0.618. The van der Waals surface area contributed by atoms with E-state index < -0.39 is 5.76 Å². The number of alkyl halides is 2. The standard InChI is InChI=1S/C14H14F2N2OS2/c1-2-19-8-12-17-11(7-13(20)18-12)9-3-5-10(6-4-9)21-14(15)16/h3-7,14H,2,8H2,1H3,(H,17,18,20). The Morgan fingerprint density at radius 1 is 1.33 bits per heavy atom. The number of benzene rings is 1. The van der Waals surface area contributed by atoms with Gasteiger partial charge in [0.1, 0.15) is 17.1 Å². The van der Waals surface area contributed by atoms with Crippen LogP contribution in [0.1, 0.15) is 12.7 Å². The molecule has 2 rings (SSSR count). The van der Waals surface area contributed by atoms with Gasteiger partial charge in [-0.1, -0.05) is 36.1 Å². The van der Waals surface area contributed by atoms with E-state index >= 15 is 0 Å². The minimum absolute atomic E-state index is 0.354. The number of aromatic nitrogens is 2. The monoisotopic (exact) mass is 328 g/mol. The molecule has 0 aliphatic rings. The van der Waals surface area contributed by atoms with Gasteiger partial charge in [0.05, 0.1) is 0 Å². The van der Waals surface area contributed by atoms with Crippen LogP contribution in [-0.2, 0) is 11.3 Å². The molecule has 21 heavy (non-hydrogen) atoms. The molecule has 0 saturated carbocycles. The van der Waals surface area contributed by atoms with Crippen LogP contribution in [0.25, 0.3) is 11.3 Å². The number of halogens is 2. The summed E-state index contributed by atoms with van der Waals surface area (Å²) < 4.78 is 30.3. The van der Waals surface area contributed by atoms with E-state index in [4.69, 9.17) is 17.0 Å². The molecule has 0 amide bonds. The van der Waals surface area contributed by atoms with E-state index in [1.54, 1.807) is 30.3 Å². The first-order valence-corrected chi connectivity index (χ1v) is 7.60. The lowest BCUT2D eigenvalue weighted by Gasteiger charge is -2.07. The Balaban J connectivity index is 2.24. The van der Waals surface area contributed by atoms with Crippen molar-refractivity contribution in [3.8, 4) is 11.3 Å². The van der Waals surface area contributed by atoms with Crippen LogP contribution in [0.4, 0.5) is 8.78 Å². The van der Waals surface area contributed by atoms with Crippen molar-refractivity contribution in [1.29, 1.82) is 0 Å². The third-order valence-electron chi connectivity index (χ3n) is 2.63. The molecule has 2 aromatic rings. The van der Waals surface area contributed by atoms with Gasteiger partial charge in [0.25, 0.3) is 5.76 Å². The first-order valence-electron chi connectivity index (χ1n) is 6.31. The third-order valence-corrected chi connectivity index (χ3v) is 3.56. The summed E-state index contributed by atoms with van der Waals surface area (Å²) in [5.41, 5.74) is 1.65. The topological polar surface area (TPSA) is 37.9 Å². The minimum atomic E-state index is -2.42. The van der Waals surface area contributed by atoms with Crippen LogP contribution < -0.4 is 0 Å². The Bertz CT molecular complexity index is 644. The fourth-order valence-electron chi connectivity index (χ4n) is 1.75. The fourth-order valence-corrected chi connectivity index (χ4v) is 2.47. The van der Waals surface area contributed by atoms with E-state index in [0.717, 1.165) is 11.3 Å². The number of hydrogen-bond acceptors (Lipinski definition) is 4. The molecule has 1 heterocycles. The molecular weight excluding hydrogens is 314 g/mol. The molecule has 0 atom stereocenters. The van der Waals surface area contributed by atoms with Crippen molar-refractivity contribution >= 4 is 24.0 Å². The average Bonchev–Trinajstić information content (AvgIpc) is 2.44. The number of ether oxygens (including phenoxy) is 1. The molecule has 0 spiro atoms. The van der Waals surface area contributed by atoms with Crippen LogP contribution in [0.3, 0.4) is 0 Å². The van der Waals surface area contributed by atoms with E-state index in [1.807, 2.05) is 6.92 Å². The van der Waals surface area contributed by atoms with E-state index in [2.05, 4.69) is 9.97 Å². The van der Waals surface area contributed by atoms with Crippen LogP contribution in [0, 0.1) is 4.64 Å². The maximum atomic E-state index is 12.3. The highest BCUT2D eigenvalue weighted by Crippen LogP contribution is 2.27. The molecule has 0 bridgehead atoms. The highest BCUT2D eigenvalue weighted by atomic mass is 32.2. The van der Waals surface area contributed by atoms with Gasteiger partial charge in [-0.2, -0.15) is 8.78 Å². The number of nitrogens with one attached hydrogen (secondary N) is 1. The summed E-state index contributed by atoms with van der Waals surface area (Å²) in [7, 11) is 0.